The number of carbonyl (C=O) groups excluding carboxylic acids is 4. The summed E-state index contributed by atoms with van der Waals surface area (Å²) in [4.78, 5) is 51.9. The van der Waals surface area contributed by atoms with Gasteiger partial charge in [-0.05, 0) is 24.7 Å². The zero-order valence-electron chi connectivity index (χ0n) is 18.3. The van der Waals surface area contributed by atoms with Gasteiger partial charge >= 0.3 is 0 Å². The molecular formula is C19H37N7O4. The zero-order chi connectivity index (χ0) is 23.3. The number of hydrogen-bond acceptors (Lipinski definition) is 6. The van der Waals surface area contributed by atoms with Crippen LogP contribution < -0.4 is 33.2 Å². The molecule has 3 amide bonds. The van der Waals surface area contributed by atoms with Crippen molar-refractivity contribution in [1.29, 1.82) is 0 Å². The minimum Gasteiger partial charge on any atom is -0.370 e. The molecule has 0 spiro atoms. The summed E-state index contributed by atoms with van der Waals surface area (Å²) in [6, 6.07) is -2.52. The third-order valence-corrected chi connectivity index (χ3v) is 4.70. The second kappa shape index (κ2) is 14.3. The van der Waals surface area contributed by atoms with Gasteiger partial charge in [0.2, 0.25) is 17.7 Å². The Hall–Kier alpha value is -2.69. The van der Waals surface area contributed by atoms with Crippen molar-refractivity contribution in [1.82, 2.24) is 16.0 Å². The van der Waals surface area contributed by atoms with Crippen LogP contribution in [0.1, 0.15) is 47.0 Å². The SMILES string of the molecule is CC[C@H](C)[C@H](NC(=O)[C@@H](N)CCCN=C(N)N)C(=O)N[C@H](C(=O)NCC=O)C(C)C. The lowest BCUT2D eigenvalue weighted by atomic mass is 9.96. The molecular weight excluding hydrogens is 390 g/mol. The molecule has 9 N–H and O–H groups in total. The summed E-state index contributed by atoms with van der Waals surface area (Å²) in [6.45, 7) is 7.47. The normalized spacial score (nSPS) is 14.7. The molecule has 0 unspecified atom stereocenters. The summed E-state index contributed by atoms with van der Waals surface area (Å²) in [5.74, 6) is -1.84. The van der Waals surface area contributed by atoms with Crippen LogP contribution in [0.3, 0.4) is 0 Å². The van der Waals surface area contributed by atoms with Gasteiger partial charge < -0.3 is 37.9 Å². The van der Waals surface area contributed by atoms with Gasteiger partial charge in [-0.1, -0.05) is 34.1 Å². The van der Waals surface area contributed by atoms with Crippen LogP contribution in [0.2, 0.25) is 0 Å². The summed E-state index contributed by atoms with van der Waals surface area (Å²) in [6.07, 6.45) is 2.05. The molecule has 0 aliphatic rings. The Labute approximate surface area is 178 Å². The minimum absolute atomic E-state index is 0.0292. The zero-order valence-corrected chi connectivity index (χ0v) is 18.3. The van der Waals surface area contributed by atoms with E-state index in [2.05, 4.69) is 20.9 Å². The number of aldehydes is 1. The molecule has 0 aromatic heterocycles. The Kier molecular flexibility index (Phi) is 13.0. The van der Waals surface area contributed by atoms with Gasteiger partial charge in [-0.2, -0.15) is 0 Å². The van der Waals surface area contributed by atoms with Crippen molar-refractivity contribution in [3.05, 3.63) is 0 Å². The quantitative estimate of drug-likeness (QED) is 0.0826. The maximum Gasteiger partial charge on any atom is 0.243 e. The second-order valence-electron chi connectivity index (χ2n) is 7.57. The van der Waals surface area contributed by atoms with Crippen LogP contribution in [0, 0.1) is 11.8 Å². The van der Waals surface area contributed by atoms with Gasteiger partial charge in [0, 0.05) is 6.54 Å². The lowest BCUT2D eigenvalue weighted by Gasteiger charge is -2.28. The van der Waals surface area contributed by atoms with Gasteiger partial charge in [-0.15, -0.1) is 0 Å². The highest BCUT2D eigenvalue weighted by Gasteiger charge is 2.32. The molecule has 11 heteroatoms. The average Bonchev–Trinajstić information content (AvgIpc) is 2.69. The smallest absolute Gasteiger partial charge is 0.243 e. The van der Waals surface area contributed by atoms with Gasteiger partial charge in [-0.3, -0.25) is 19.4 Å². The molecule has 0 fully saturated rings. The van der Waals surface area contributed by atoms with Crippen LogP contribution in [0.25, 0.3) is 0 Å². The third-order valence-electron chi connectivity index (χ3n) is 4.70. The van der Waals surface area contributed by atoms with Gasteiger partial charge in [-0.25, -0.2) is 0 Å². The highest BCUT2D eigenvalue weighted by Crippen LogP contribution is 2.11. The molecule has 0 rings (SSSR count). The number of hydrogen-bond donors (Lipinski definition) is 6. The Balaban J connectivity index is 5.09. The molecule has 0 saturated heterocycles. The lowest BCUT2D eigenvalue weighted by Crippen LogP contribution is -2.58. The Bertz CT molecular complexity index is 606. The third kappa shape index (κ3) is 10.2. The average molecular weight is 428 g/mol. The van der Waals surface area contributed by atoms with Crippen LogP contribution in [-0.4, -0.2) is 61.2 Å². The van der Waals surface area contributed by atoms with Gasteiger partial charge in [0.05, 0.1) is 12.6 Å². The summed E-state index contributed by atoms with van der Waals surface area (Å²) < 4.78 is 0. The molecule has 30 heavy (non-hydrogen) atoms. The minimum atomic E-state index is -0.855. The predicted octanol–water partition coefficient (Wildman–Crippen LogP) is -1.65. The van der Waals surface area contributed by atoms with Crippen molar-refractivity contribution in [2.45, 2.75) is 65.1 Å². The van der Waals surface area contributed by atoms with Crippen molar-refractivity contribution in [2.24, 2.45) is 34.0 Å². The van der Waals surface area contributed by atoms with E-state index in [4.69, 9.17) is 17.2 Å². The van der Waals surface area contributed by atoms with E-state index in [1.54, 1.807) is 13.8 Å². The Morgan fingerprint density at radius 2 is 1.60 bits per heavy atom. The van der Waals surface area contributed by atoms with Gasteiger partial charge in [0.25, 0.3) is 0 Å². The number of nitrogens with two attached hydrogens (primary N) is 3. The fraction of sp³-hybridized carbons (Fsp3) is 0.737. The van der Waals surface area contributed by atoms with Crippen molar-refractivity contribution in [3.8, 4) is 0 Å². The standard InChI is InChI=1S/C19H37N7O4/c1-5-12(4)15(26-16(28)13(20)7-6-8-24-19(21)22)18(30)25-14(11(2)3)17(29)23-9-10-27/h10-15H,5-9,20H2,1-4H3,(H,23,29)(H,25,30)(H,26,28)(H4,21,22,24)/t12-,13-,14-,15-/m0/s1. The van der Waals surface area contributed by atoms with Crippen LogP contribution in [0.5, 0.6) is 0 Å². The summed E-state index contributed by atoms with van der Waals surface area (Å²) in [7, 11) is 0. The highest BCUT2D eigenvalue weighted by molar-refractivity contribution is 5.93. The van der Waals surface area contributed by atoms with Crippen molar-refractivity contribution in [2.75, 3.05) is 13.1 Å². The molecule has 11 nitrogen and oxygen atoms in total. The largest absolute Gasteiger partial charge is 0.370 e. The first-order chi connectivity index (χ1) is 14.0. The number of aliphatic imine (C=N–C) groups is 1. The Morgan fingerprint density at radius 1 is 1.00 bits per heavy atom. The molecule has 172 valence electrons. The van der Waals surface area contributed by atoms with Crippen LogP contribution in [0.15, 0.2) is 4.99 Å². The number of carbonyl (C=O) groups is 4. The molecule has 0 aliphatic carbocycles. The molecule has 4 atom stereocenters. The molecule has 0 radical (unpaired) electrons. The molecule has 0 bridgehead atoms. The first kappa shape index (κ1) is 27.3. The van der Waals surface area contributed by atoms with Crippen molar-refractivity contribution in [3.63, 3.8) is 0 Å². The number of guanidine groups is 1. The Morgan fingerprint density at radius 3 is 2.10 bits per heavy atom. The second-order valence-corrected chi connectivity index (χ2v) is 7.57. The summed E-state index contributed by atoms with van der Waals surface area (Å²) in [5.41, 5.74) is 16.4. The van der Waals surface area contributed by atoms with Crippen LogP contribution in [0.4, 0.5) is 0 Å². The van der Waals surface area contributed by atoms with Crippen LogP contribution >= 0.6 is 0 Å². The molecule has 0 aromatic carbocycles. The van der Waals surface area contributed by atoms with E-state index in [1.807, 2.05) is 13.8 Å². The number of nitrogens with zero attached hydrogens (tertiary/aromatic N) is 1. The first-order valence-corrected chi connectivity index (χ1v) is 10.2. The highest BCUT2D eigenvalue weighted by atomic mass is 16.2. The molecule has 0 heterocycles. The summed E-state index contributed by atoms with van der Waals surface area (Å²) in [5, 5.41) is 7.82. The lowest BCUT2D eigenvalue weighted by molar-refractivity contribution is -0.134. The number of nitrogens with one attached hydrogen (secondary N) is 3. The van der Waals surface area contributed by atoms with Crippen LogP contribution in [-0.2, 0) is 19.2 Å². The molecule has 0 aromatic rings. The van der Waals surface area contributed by atoms with E-state index >= 15 is 0 Å². The predicted molar refractivity (Wildman–Crippen MR) is 115 cm³/mol. The van der Waals surface area contributed by atoms with E-state index in [1.165, 1.54) is 0 Å². The van der Waals surface area contributed by atoms with E-state index in [-0.39, 0.29) is 24.3 Å². The fourth-order valence-corrected chi connectivity index (χ4v) is 2.64. The van der Waals surface area contributed by atoms with E-state index in [0.717, 1.165) is 0 Å². The van der Waals surface area contributed by atoms with E-state index in [0.29, 0.717) is 32.1 Å². The van der Waals surface area contributed by atoms with E-state index < -0.39 is 35.8 Å². The maximum absolute atomic E-state index is 12.9. The molecule has 0 saturated carbocycles. The monoisotopic (exact) mass is 427 g/mol. The van der Waals surface area contributed by atoms with Gasteiger partial charge in [0.1, 0.15) is 18.4 Å². The van der Waals surface area contributed by atoms with E-state index in [9.17, 15) is 19.2 Å². The van der Waals surface area contributed by atoms with Crippen molar-refractivity contribution >= 4 is 30.0 Å². The first-order valence-electron chi connectivity index (χ1n) is 10.2. The maximum atomic E-state index is 12.9. The van der Waals surface area contributed by atoms with Crippen molar-refractivity contribution < 1.29 is 19.2 Å². The fourth-order valence-electron chi connectivity index (χ4n) is 2.64. The topological polar surface area (TPSA) is 195 Å². The summed E-state index contributed by atoms with van der Waals surface area (Å²) >= 11 is 0. The number of amides is 3. The van der Waals surface area contributed by atoms with Gasteiger partial charge in [0.15, 0.2) is 5.96 Å². The molecule has 0 aliphatic heterocycles. The number of rotatable bonds is 14.